The number of allylic oxidation sites excluding steroid dienone is 8. The van der Waals surface area contributed by atoms with E-state index in [1.54, 1.807) is 0 Å². The van der Waals surface area contributed by atoms with E-state index in [0.717, 1.165) is 64.2 Å². The molecular weight excluding hydrogens is 786 g/mol. The maximum Gasteiger partial charge on any atom is 0.306 e. The minimum absolute atomic E-state index is 0.0375. The Kier molecular flexibility index (Phi) is 41.8. The average molecular weight is 880 g/mol. The summed E-state index contributed by atoms with van der Waals surface area (Å²) < 4.78 is 34.0. The molecule has 0 aliphatic rings. The first kappa shape index (κ1) is 59.0. The highest BCUT2D eigenvalue weighted by Gasteiger charge is 2.21. The molecule has 0 aromatic rings. The van der Waals surface area contributed by atoms with Gasteiger partial charge in [0.2, 0.25) is 0 Å². The summed E-state index contributed by atoms with van der Waals surface area (Å²) in [5.41, 5.74) is 0. The molecule has 0 saturated heterocycles. The molecule has 61 heavy (non-hydrogen) atoms. The van der Waals surface area contributed by atoms with E-state index < -0.39 is 26.5 Å². The second kappa shape index (κ2) is 43.2. The lowest BCUT2D eigenvalue weighted by Crippen LogP contribution is -2.37. The van der Waals surface area contributed by atoms with Crippen LogP contribution < -0.4 is 4.89 Å². The fourth-order valence-corrected chi connectivity index (χ4v) is 7.43. The van der Waals surface area contributed by atoms with Crippen molar-refractivity contribution in [1.82, 2.24) is 0 Å². The molecule has 0 N–H and O–H groups in total. The molecule has 0 amide bonds. The van der Waals surface area contributed by atoms with E-state index in [2.05, 4.69) is 62.5 Å². The predicted molar refractivity (Wildman–Crippen MR) is 254 cm³/mol. The van der Waals surface area contributed by atoms with E-state index in [-0.39, 0.29) is 32.0 Å². The molecule has 0 aromatic carbocycles. The molecule has 0 aliphatic heterocycles. The minimum Gasteiger partial charge on any atom is -0.756 e. The molecule has 356 valence electrons. The summed E-state index contributed by atoms with van der Waals surface area (Å²) >= 11 is 0. The highest BCUT2D eigenvalue weighted by molar-refractivity contribution is 7.45. The van der Waals surface area contributed by atoms with Gasteiger partial charge >= 0.3 is 11.9 Å². The Labute approximate surface area is 375 Å². The number of carbonyl (C=O) groups excluding carboxylic acids is 2. The van der Waals surface area contributed by atoms with Gasteiger partial charge in [0.05, 0.1) is 27.7 Å². The third kappa shape index (κ3) is 47.3. The molecule has 1 unspecified atom stereocenters. The second-order valence-electron chi connectivity index (χ2n) is 17.8. The van der Waals surface area contributed by atoms with Crippen molar-refractivity contribution < 1.29 is 42.1 Å². The molecule has 0 rings (SSSR count). The Bertz CT molecular complexity index is 1180. The molecule has 2 atom stereocenters. The lowest BCUT2D eigenvalue weighted by molar-refractivity contribution is -0.870. The average Bonchev–Trinajstić information content (AvgIpc) is 3.21. The molecule has 0 aliphatic carbocycles. The number of likely N-dealkylation sites (N-methyl/N-ethyl adjacent to an activating group) is 1. The fourth-order valence-electron chi connectivity index (χ4n) is 6.71. The van der Waals surface area contributed by atoms with E-state index in [0.29, 0.717) is 17.4 Å². The summed E-state index contributed by atoms with van der Waals surface area (Å²) in [5.74, 6) is -0.865. The first-order chi connectivity index (χ1) is 29.5. The van der Waals surface area contributed by atoms with Crippen molar-refractivity contribution >= 4 is 19.8 Å². The van der Waals surface area contributed by atoms with Crippen LogP contribution in [0.15, 0.2) is 48.6 Å². The third-order valence-corrected chi connectivity index (χ3v) is 11.5. The zero-order valence-electron chi connectivity index (χ0n) is 40.1. The Morgan fingerprint density at radius 1 is 0.508 bits per heavy atom. The monoisotopic (exact) mass is 880 g/mol. The molecule has 0 aromatic heterocycles. The van der Waals surface area contributed by atoms with Crippen LogP contribution in [0.4, 0.5) is 0 Å². The fraction of sp³-hybridized carbons (Fsp3) is 0.804. The molecule has 0 saturated carbocycles. The van der Waals surface area contributed by atoms with Gasteiger partial charge in [-0.1, -0.05) is 197 Å². The van der Waals surface area contributed by atoms with Crippen molar-refractivity contribution in [3.05, 3.63) is 48.6 Å². The maximum atomic E-state index is 12.7. The molecule has 0 bridgehead atoms. The lowest BCUT2D eigenvalue weighted by atomic mass is 10.0. The Hall–Kier alpha value is -2.03. The van der Waals surface area contributed by atoms with Crippen molar-refractivity contribution in [1.29, 1.82) is 0 Å². The number of hydrogen-bond acceptors (Lipinski definition) is 8. The summed E-state index contributed by atoms with van der Waals surface area (Å²) in [6.07, 6.45) is 51.4. The van der Waals surface area contributed by atoms with Crippen LogP contribution in [0.1, 0.15) is 213 Å². The van der Waals surface area contributed by atoms with Gasteiger partial charge in [-0.25, -0.2) is 0 Å². The van der Waals surface area contributed by atoms with Crippen LogP contribution in [0, 0.1) is 0 Å². The molecular formula is C51H94NO8P. The van der Waals surface area contributed by atoms with E-state index >= 15 is 0 Å². The summed E-state index contributed by atoms with van der Waals surface area (Å²) in [6, 6.07) is 0. The zero-order chi connectivity index (χ0) is 45.0. The van der Waals surface area contributed by atoms with Gasteiger partial charge in [0, 0.05) is 12.8 Å². The summed E-state index contributed by atoms with van der Waals surface area (Å²) in [4.78, 5) is 37.7. The summed E-state index contributed by atoms with van der Waals surface area (Å²) in [5, 5.41) is 0. The highest BCUT2D eigenvalue weighted by atomic mass is 31.2. The lowest BCUT2D eigenvalue weighted by Gasteiger charge is -2.28. The second-order valence-corrected chi connectivity index (χ2v) is 19.2. The number of ether oxygens (including phenoxy) is 2. The minimum atomic E-state index is -4.64. The number of hydrogen-bond donors (Lipinski definition) is 0. The molecule has 0 heterocycles. The van der Waals surface area contributed by atoms with Gasteiger partial charge in [-0.15, -0.1) is 0 Å². The number of nitrogens with zero attached hydrogens (tertiary/aromatic N) is 1. The number of quaternary nitrogens is 1. The van der Waals surface area contributed by atoms with Gasteiger partial charge in [-0.3, -0.25) is 14.2 Å². The largest absolute Gasteiger partial charge is 0.756 e. The molecule has 0 fully saturated rings. The van der Waals surface area contributed by atoms with E-state index in [1.807, 2.05) is 21.1 Å². The van der Waals surface area contributed by atoms with Crippen LogP contribution >= 0.6 is 7.82 Å². The van der Waals surface area contributed by atoms with Crippen molar-refractivity contribution in [2.45, 2.75) is 219 Å². The first-order valence-electron chi connectivity index (χ1n) is 24.8. The number of phosphoric ester groups is 1. The standard InChI is InChI=1S/C51H94NO8P/c1-6-8-10-12-14-16-18-20-22-24-25-26-28-29-31-33-35-37-39-41-43-50(53)57-47-49(48-59-61(55,56)58-46-45-52(3,4)5)60-51(54)44-42-40-38-36-34-32-30-27-23-21-19-17-15-13-11-9-7-2/h11,13,17,19,23,27,32,34,49H,6-10,12,14-16,18,20-22,24-26,28-31,33,35-48H2,1-5H3/b13-11+,19-17+,27-23+,34-32+/t49-/m1/s1. The van der Waals surface area contributed by atoms with Gasteiger partial charge in [-0.2, -0.15) is 0 Å². The quantitative estimate of drug-likeness (QED) is 0.0195. The van der Waals surface area contributed by atoms with Gasteiger partial charge in [0.1, 0.15) is 19.8 Å². The molecule has 10 heteroatoms. The zero-order valence-corrected chi connectivity index (χ0v) is 41.0. The first-order valence-corrected chi connectivity index (χ1v) is 26.3. The predicted octanol–water partition coefficient (Wildman–Crippen LogP) is 14.0. The number of esters is 2. The van der Waals surface area contributed by atoms with Gasteiger partial charge < -0.3 is 27.9 Å². The number of phosphoric acid groups is 1. The number of carbonyl (C=O) groups is 2. The van der Waals surface area contributed by atoms with E-state index in [1.165, 1.54) is 116 Å². The van der Waals surface area contributed by atoms with Crippen LogP contribution in [0.25, 0.3) is 0 Å². The van der Waals surface area contributed by atoms with Crippen LogP contribution in [-0.2, 0) is 32.7 Å². The van der Waals surface area contributed by atoms with Crippen LogP contribution in [-0.4, -0.2) is 70.0 Å². The van der Waals surface area contributed by atoms with Crippen molar-refractivity contribution in [2.24, 2.45) is 0 Å². The topological polar surface area (TPSA) is 111 Å². The van der Waals surface area contributed by atoms with Crippen molar-refractivity contribution in [3.63, 3.8) is 0 Å². The van der Waals surface area contributed by atoms with Crippen LogP contribution in [0.2, 0.25) is 0 Å². The van der Waals surface area contributed by atoms with Gasteiger partial charge in [0.25, 0.3) is 7.82 Å². The van der Waals surface area contributed by atoms with E-state index in [4.69, 9.17) is 18.5 Å². The van der Waals surface area contributed by atoms with Gasteiger partial charge in [-0.05, 0) is 51.4 Å². The summed E-state index contributed by atoms with van der Waals surface area (Å²) in [7, 11) is 1.14. The number of rotatable bonds is 45. The Balaban J connectivity index is 4.30. The summed E-state index contributed by atoms with van der Waals surface area (Å²) in [6.45, 7) is 4.14. The van der Waals surface area contributed by atoms with Crippen LogP contribution in [0.3, 0.4) is 0 Å². The third-order valence-electron chi connectivity index (χ3n) is 10.6. The number of unbranched alkanes of at least 4 members (excludes halogenated alkanes) is 23. The highest BCUT2D eigenvalue weighted by Crippen LogP contribution is 2.38. The van der Waals surface area contributed by atoms with Crippen LogP contribution in [0.5, 0.6) is 0 Å². The molecule has 9 nitrogen and oxygen atoms in total. The van der Waals surface area contributed by atoms with Crippen molar-refractivity contribution in [2.75, 3.05) is 47.5 Å². The normalized spacial score (nSPS) is 13.9. The molecule has 0 spiro atoms. The smallest absolute Gasteiger partial charge is 0.306 e. The van der Waals surface area contributed by atoms with E-state index in [9.17, 15) is 19.0 Å². The molecule has 0 radical (unpaired) electrons. The Morgan fingerprint density at radius 3 is 1.38 bits per heavy atom. The maximum absolute atomic E-state index is 12.7. The Morgan fingerprint density at radius 2 is 0.918 bits per heavy atom. The SMILES string of the molecule is CCC/C=C/C/C=C/C/C=C/C/C=C/CCCCCC(=O)O[C@H](COC(=O)CCCCCCCCCCCCCCCCCCCCCC)COP(=O)([O-])OCC[N+](C)(C)C. The van der Waals surface area contributed by atoms with Gasteiger partial charge in [0.15, 0.2) is 6.10 Å². The van der Waals surface area contributed by atoms with Crippen molar-refractivity contribution in [3.8, 4) is 0 Å².